The van der Waals surface area contributed by atoms with Gasteiger partial charge in [0, 0.05) is 18.0 Å². The Hall–Kier alpha value is -2.36. The molecule has 23 heavy (non-hydrogen) atoms. The van der Waals surface area contributed by atoms with Gasteiger partial charge in [-0.05, 0) is 36.6 Å². The lowest BCUT2D eigenvalue weighted by Gasteiger charge is -2.10. The summed E-state index contributed by atoms with van der Waals surface area (Å²) in [6.07, 6.45) is 6.83. The van der Waals surface area contributed by atoms with E-state index in [4.69, 9.17) is 0 Å². The number of rotatable bonds is 8. The third kappa shape index (κ3) is 4.81. The molecule has 0 spiro atoms. The van der Waals surface area contributed by atoms with Crippen LogP contribution >= 0.6 is 0 Å². The minimum atomic E-state index is -0.198. The number of ketones is 1. The van der Waals surface area contributed by atoms with Gasteiger partial charge in [-0.2, -0.15) is 0 Å². The molecule has 0 amide bonds. The molecule has 2 aromatic rings. The highest BCUT2D eigenvalue weighted by Crippen LogP contribution is 2.29. The average Bonchev–Trinajstić information content (AvgIpc) is 2.54. The van der Waals surface area contributed by atoms with Crippen LogP contribution in [0.3, 0.4) is 0 Å². The number of phenols is 2. The largest absolute Gasteiger partial charge is 0.508 e. The minimum Gasteiger partial charge on any atom is -0.508 e. The van der Waals surface area contributed by atoms with E-state index in [0.29, 0.717) is 17.7 Å². The molecule has 1 aromatic heterocycles. The van der Waals surface area contributed by atoms with Gasteiger partial charge in [0.25, 0.3) is 0 Å². The van der Waals surface area contributed by atoms with E-state index in [9.17, 15) is 15.0 Å². The number of carbonyl (C=O) groups excluding carboxylic acids is 1. The van der Waals surface area contributed by atoms with Crippen molar-refractivity contribution in [1.29, 1.82) is 0 Å². The lowest BCUT2D eigenvalue weighted by atomic mass is 9.98. The molecule has 122 valence electrons. The first kappa shape index (κ1) is 17.0. The van der Waals surface area contributed by atoms with Gasteiger partial charge in [0.05, 0.1) is 12.0 Å². The Morgan fingerprint density at radius 1 is 1.09 bits per heavy atom. The summed E-state index contributed by atoms with van der Waals surface area (Å²) in [6, 6.07) is 8.27. The number of aromatic hydroxyl groups is 2. The Bertz CT molecular complexity index is 653. The molecule has 0 saturated carbocycles. The SMILES string of the molecule is CCCCCCc1cc(C(=O)Cc2ccccn2)c(O)cc1O. The number of pyridine rings is 1. The number of nitrogens with zero attached hydrogens (tertiary/aromatic N) is 1. The lowest BCUT2D eigenvalue weighted by Crippen LogP contribution is -2.06. The zero-order valence-electron chi connectivity index (χ0n) is 13.5. The van der Waals surface area contributed by atoms with Crippen molar-refractivity contribution in [1.82, 2.24) is 4.98 Å². The van der Waals surface area contributed by atoms with Crippen molar-refractivity contribution in [3.8, 4) is 11.5 Å². The van der Waals surface area contributed by atoms with Crippen LogP contribution in [0.2, 0.25) is 0 Å². The number of Topliss-reactive ketones (excluding diaryl/α,β-unsaturated/α-hetero) is 1. The van der Waals surface area contributed by atoms with E-state index < -0.39 is 0 Å². The molecule has 2 N–H and O–H groups in total. The number of unbranched alkanes of at least 4 members (excludes halogenated alkanes) is 3. The standard InChI is InChI=1S/C19H23NO3/c1-2-3-4-5-8-14-11-16(19(23)13-17(14)21)18(22)12-15-9-6-7-10-20-15/h6-7,9-11,13,21,23H,2-5,8,12H2,1H3. The van der Waals surface area contributed by atoms with Crippen LogP contribution in [0.15, 0.2) is 36.5 Å². The van der Waals surface area contributed by atoms with Gasteiger partial charge < -0.3 is 10.2 Å². The third-order valence-corrected chi connectivity index (χ3v) is 3.86. The minimum absolute atomic E-state index is 0.0494. The van der Waals surface area contributed by atoms with Gasteiger partial charge in [-0.3, -0.25) is 9.78 Å². The number of aryl methyl sites for hydroxylation is 1. The first-order chi connectivity index (χ1) is 11.1. The summed E-state index contributed by atoms with van der Waals surface area (Å²) in [5, 5.41) is 19.9. The van der Waals surface area contributed by atoms with Crippen LogP contribution in [0.25, 0.3) is 0 Å². The fourth-order valence-corrected chi connectivity index (χ4v) is 2.55. The zero-order valence-corrected chi connectivity index (χ0v) is 13.5. The number of hydrogen-bond donors (Lipinski definition) is 2. The van der Waals surface area contributed by atoms with E-state index in [1.807, 2.05) is 6.07 Å². The monoisotopic (exact) mass is 313 g/mol. The zero-order chi connectivity index (χ0) is 16.7. The Morgan fingerprint density at radius 3 is 2.61 bits per heavy atom. The van der Waals surface area contributed by atoms with Crippen LogP contribution in [0.1, 0.15) is 54.2 Å². The van der Waals surface area contributed by atoms with Crippen molar-refractivity contribution in [3.05, 3.63) is 53.3 Å². The topological polar surface area (TPSA) is 70.4 Å². The molecule has 4 nitrogen and oxygen atoms in total. The number of hydrogen-bond acceptors (Lipinski definition) is 4. The number of carbonyl (C=O) groups is 1. The molecule has 2 rings (SSSR count). The molecule has 0 fully saturated rings. The van der Waals surface area contributed by atoms with Gasteiger partial charge in [0.15, 0.2) is 5.78 Å². The van der Waals surface area contributed by atoms with Crippen LogP contribution in [0.5, 0.6) is 11.5 Å². The second-order valence-corrected chi connectivity index (χ2v) is 5.73. The Labute approximate surface area is 136 Å². The molecule has 1 aromatic carbocycles. The summed E-state index contributed by atoms with van der Waals surface area (Å²) < 4.78 is 0. The fraction of sp³-hybridized carbons (Fsp3) is 0.368. The van der Waals surface area contributed by atoms with Gasteiger partial charge >= 0.3 is 0 Å². The maximum Gasteiger partial charge on any atom is 0.172 e. The molecule has 0 aliphatic rings. The third-order valence-electron chi connectivity index (χ3n) is 3.86. The molecule has 0 saturated heterocycles. The van der Waals surface area contributed by atoms with Gasteiger partial charge in [-0.25, -0.2) is 0 Å². The molecule has 4 heteroatoms. The number of benzene rings is 1. The van der Waals surface area contributed by atoms with E-state index in [2.05, 4.69) is 11.9 Å². The predicted octanol–water partition coefficient (Wildman–Crippen LogP) is 4.04. The van der Waals surface area contributed by atoms with Gasteiger partial charge in [-0.1, -0.05) is 32.3 Å². The van der Waals surface area contributed by atoms with Crippen LogP contribution in [-0.4, -0.2) is 21.0 Å². The Morgan fingerprint density at radius 2 is 1.91 bits per heavy atom. The second-order valence-electron chi connectivity index (χ2n) is 5.73. The van der Waals surface area contributed by atoms with Gasteiger partial charge in [0.2, 0.25) is 0 Å². The van der Waals surface area contributed by atoms with E-state index in [1.165, 1.54) is 6.07 Å². The van der Waals surface area contributed by atoms with Crippen LogP contribution in [0, 0.1) is 0 Å². The fourth-order valence-electron chi connectivity index (χ4n) is 2.55. The molecule has 1 heterocycles. The molecule has 0 aliphatic carbocycles. The van der Waals surface area contributed by atoms with E-state index >= 15 is 0 Å². The van der Waals surface area contributed by atoms with Crippen molar-refractivity contribution >= 4 is 5.78 Å². The maximum atomic E-state index is 12.4. The van der Waals surface area contributed by atoms with Crippen molar-refractivity contribution in [2.24, 2.45) is 0 Å². The highest BCUT2D eigenvalue weighted by molar-refractivity contribution is 6.00. The summed E-state index contributed by atoms with van der Waals surface area (Å²) in [7, 11) is 0. The molecular weight excluding hydrogens is 290 g/mol. The predicted molar refractivity (Wildman–Crippen MR) is 89.9 cm³/mol. The molecule has 0 radical (unpaired) electrons. The molecule has 0 aliphatic heterocycles. The highest BCUT2D eigenvalue weighted by atomic mass is 16.3. The molecule has 0 unspecified atom stereocenters. The smallest absolute Gasteiger partial charge is 0.172 e. The molecule has 0 atom stereocenters. The Kier molecular flexibility index (Phi) is 6.15. The quantitative estimate of drug-likeness (QED) is 0.570. The van der Waals surface area contributed by atoms with Crippen molar-refractivity contribution in [3.63, 3.8) is 0 Å². The van der Waals surface area contributed by atoms with Crippen molar-refractivity contribution in [2.45, 2.75) is 45.4 Å². The first-order valence-electron chi connectivity index (χ1n) is 8.09. The van der Waals surface area contributed by atoms with Crippen LogP contribution < -0.4 is 0 Å². The maximum absolute atomic E-state index is 12.4. The summed E-state index contributed by atoms with van der Waals surface area (Å²) in [5.74, 6) is -0.329. The number of phenolic OH excluding ortho intramolecular Hbond substituents is 2. The second kappa shape index (κ2) is 8.32. The summed E-state index contributed by atoms with van der Waals surface area (Å²) >= 11 is 0. The lowest BCUT2D eigenvalue weighted by molar-refractivity contribution is 0.0989. The normalized spacial score (nSPS) is 10.7. The van der Waals surface area contributed by atoms with Crippen molar-refractivity contribution < 1.29 is 15.0 Å². The van der Waals surface area contributed by atoms with Crippen LogP contribution in [-0.2, 0) is 12.8 Å². The van der Waals surface area contributed by atoms with E-state index in [-0.39, 0.29) is 29.3 Å². The summed E-state index contributed by atoms with van der Waals surface area (Å²) in [5.41, 5.74) is 1.62. The first-order valence-corrected chi connectivity index (χ1v) is 8.09. The average molecular weight is 313 g/mol. The van der Waals surface area contributed by atoms with Crippen molar-refractivity contribution in [2.75, 3.05) is 0 Å². The summed E-state index contributed by atoms with van der Waals surface area (Å²) in [6.45, 7) is 2.15. The Balaban J connectivity index is 2.12. The van der Waals surface area contributed by atoms with E-state index in [0.717, 1.165) is 25.7 Å². The molecular formula is C19H23NO3. The number of aromatic nitrogens is 1. The summed E-state index contributed by atoms with van der Waals surface area (Å²) in [4.78, 5) is 16.5. The van der Waals surface area contributed by atoms with E-state index in [1.54, 1.807) is 24.4 Å². The highest BCUT2D eigenvalue weighted by Gasteiger charge is 2.16. The van der Waals surface area contributed by atoms with Gasteiger partial charge in [0.1, 0.15) is 11.5 Å². The van der Waals surface area contributed by atoms with Crippen LogP contribution in [0.4, 0.5) is 0 Å². The molecule has 0 bridgehead atoms. The van der Waals surface area contributed by atoms with Gasteiger partial charge in [-0.15, -0.1) is 0 Å².